The van der Waals surface area contributed by atoms with Crippen LogP contribution in [0.1, 0.15) is 35.7 Å². The monoisotopic (exact) mass is 307 g/mol. The lowest BCUT2D eigenvalue weighted by molar-refractivity contribution is 0.102. The van der Waals surface area contributed by atoms with E-state index in [0.29, 0.717) is 5.56 Å². The maximum absolute atomic E-state index is 12.4. The molecule has 1 amide bonds. The molecule has 23 heavy (non-hydrogen) atoms. The summed E-state index contributed by atoms with van der Waals surface area (Å²) in [5.74, 6) is -0.112. The van der Waals surface area contributed by atoms with Crippen molar-refractivity contribution < 1.29 is 4.79 Å². The fourth-order valence-corrected chi connectivity index (χ4v) is 2.62. The zero-order chi connectivity index (χ0) is 16.2. The first-order valence-corrected chi connectivity index (χ1v) is 7.99. The number of aryl methyl sites for hydroxylation is 2. The zero-order valence-electron chi connectivity index (χ0n) is 13.5. The Kier molecular flexibility index (Phi) is 4.42. The number of hydrogen-bond acceptors (Lipinski definition) is 2. The minimum atomic E-state index is -0.112. The highest BCUT2D eigenvalue weighted by atomic mass is 16.1. The second kappa shape index (κ2) is 6.65. The average molecular weight is 307 g/mol. The molecule has 0 atom stereocenters. The molecule has 0 radical (unpaired) electrons. The van der Waals surface area contributed by atoms with Crippen LogP contribution < -0.4 is 5.32 Å². The maximum atomic E-state index is 12.4. The second-order valence-corrected chi connectivity index (χ2v) is 5.81. The molecule has 0 saturated heterocycles. The van der Waals surface area contributed by atoms with E-state index >= 15 is 0 Å². The van der Waals surface area contributed by atoms with E-state index < -0.39 is 0 Å². The molecule has 0 aliphatic carbocycles. The van der Waals surface area contributed by atoms with Crippen molar-refractivity contribution in [3.8, 4) is 0 Å². The van der Waals surface area contributed by atoms with E-state index in [1.165, 1.54) is 18.4 Å². The van der Waals surface area contributed by atoms with Crippen LogP contribution in [-0.2, 0) is 13.5 Å². The van der Waals surface area contributed by atoms with Gasteiger partial charge in [0.2, 0.25) is 0 Å². The second-order valence-electron chi connectivity index (χ2n) is 5.81. The van der Waals surface area contributed by atoms with Gasteiger partial charge in [-0.05, 0) is 48.7 Å². The third-order valence-electron chi connectivity index (χ3n) is 4.02. The summed E-state index contributed by atoms with van der Waals surface area (Å²) in [6.45, 7) is 2.19. The van der Waals surface area contributed by atoms with Gasteiger partial charge in [-0.15, -0.1) is 0 Å². The van der Waals surface area contributed by atoms with Crippen molar-refractivity contribution in [2.24, 2.45) is 7.05 Å². The molecule has 4 nitrogen and oxygen atoms in total. The number of nitrogens with zero attached hydrogens (tertiary/aromatic N) is 2. The number of rotatable bonds is 5. The molecule has 0 aliphatic heterocycles. The minimum Gasteiger partial charge on any atom is -0.334 e. The summed E-state index contributed by atoms with van der Waals surface area (Å²) in [5, 5.41) is 2.94. The third-order valence-corrected chi connectivity index (χ3v) is 4.02. The molecule has 0 spiro atoms. The summed E-state index contributed by atoms with van der Waals surface area (Å²) in [7, 11) is 1.94. The van der Waals surface area contributed by atoms with Gasteiger partial charge in [0, 0.05) is 18.3 Å². The minimum absolute atomic E-state index is 0.112. The van der Waals surface area contributed by atoms with Crippen molar-refractivity contribution in [3.05, 3.63) is 59.9 Å². The number of aromatic nitrogens is 2. The van der Waals surface area contributed by atoms with Gasteiger partial charge in [0.05, 0.1) is 17.4 Å². The molecule has 4 heteroatoms. The van der Waals surface area contributed by atoms with E-state index in [2.05, 4.69) is 29.4 Å². The Balaban J connectivity index is 1.72. The SMILES string of the molecule is CCCCc1ccc(NC(=O)c2ccc3c(c2)ncn3C)cc1. The highest BCUT2D eigenvalue weighted by Crippen LogP contribution is 2.16. The first-order chi connectivity index (χ1) is 11.2. The van der Waals surface area contributed by atoms with E-state index in [1.807, 2.05) is 41.9 Å². The standard InChI is InChI=1S/C19H21N3O/c1-3-4-5-14-6-9-16(10-7-14)21-19(23)15-8-11-18-17(12-15)20-13-22(18)2/h6-13H,3-5H2,1-2H3,(H,21,23). The van der Waals surface area contributed by atoms with Crippen molar-refractivity contribution in [1.29, 1.82) is 0 Å². The molecule has 0 fully saturated rings. The summed E-state index contributed by atoms with van der Waals surface area (Å²) in [5.41, 5.74) is 4.58. The Morgan fingerprint density at radius 3 is 2.70 bits per heavy atom. The summed E-state index contributed by atoms with van der Waals surface area (Å²) in [6.07, 6.45) is 5.22. The number of hydrogen-bond donors (Lipinski definition) is 1. The van der Waals surface area contributed by atoms with Crippen LogP contribution in [0.4, 0.5) is 5.69 Å². The molecule has 0 aliphatic rings. The van der Waals surface area contributed by atoms with Gasteiger partial charge in [0.15, 0.2) is 0 Å². The van der Waals surface area contributed by atoms with Crippen molar-refractivity contribution in [2.75, 3.05) is 5.32 Å². The average Bonchev–Trinajstić information content (AvgIpc) is 2.95. The fourth-order valence-electron chi connectivity index (χ4n) is 2.62. The fraction of sp³-hybridized carbons (Fsp3) is 0.263. The van der Waals surface area contributed by atoms with E-state index in [4.69, 9.17) is 0 Å². The summed E-state index contributed by atoms with van der Waals surface area (Å²) in [4.78, 5) is 16.7. The lowest BCUT2D eigenvalue weighted by Crippen LogP contribution is -2.11. The summed E-state index contributed by atoms with van der Waals surface area (Å²) in [6, 6.07) is 13.6. The number of anilines is 1. The van der Waals surface area contributed by atoms with Crippen LogP contribution in [0.25, 0.3) is 11.0 Å². The topological polar surface area (TPSA) is 46.9 Å². The van der Waals surface area contributed by atoms with Crippen LogP contribution in [0.3, 0.4) is 0 Å². The lowest BCUT2D eigenvalue weighted by atomic mass is 10.1. The van der Waals surface area contributed by atoms with Gasteiger partial charge < -0.3 is 9.88 Å². The first-order valence-electron chi connectivity index (χ1n) is 7.99. The molecule has 2 aromatic carbocycles. The van der Waals surface area contributed by atoms with E-state index in [9.17, 15) is 4.79 Å². The van der Waals surface area contributed by atoms with Gasteiger partial charge in [0.1, 0.15) is 0 Å². The summed E-state index contributed by atoms with van der Waals surface area (Å²) >= 11 is 0. The third kappa shape index (κ3) is 3.42. The van der Waals surface area contributed by atoms with E-state index in [1.54, 1.807) is 6.33 Å². The number of carbonyl (C=O) groups is 1. The quantitative estimate of drug-likeness (QED) is 0.769. The van der Waals surface area contributed by atoms with Crippen molar-refractivity contribution in [1.82, 2.24) is 9.55 Å². The number of benzene rings is 2. The molecular formula is C19H21N3O. The predicted molar refractivity (Wildman–Crippen MR) is 93.7 cm³/mol. The number of imidazole rings is 1. The molecule has 0 unspecified atom stereocenters. The maximum Gasteiger partial charge on any atom is 0.255 e. The predicted octanol–water partition coefficient (Wildman–Crippen LogP) is 4.17. The number of carbonyl (C=O) groups excluding carboxylic acids is 1. The highest BCUT2D eigenvalue weighted by molar-refractivity contribution is 6.05. The van der Waals surface area contributed by atoms with Gasteiger partial charge in [-0.25, -0.2) is 4.98 Å². The zero-order valence-corrected chi connectivity index (χ0v) is 13.5. The van der Waals surface area contributed by atoms with Crippen LogP contribution in [0.15, 0.2) is 48.8 Å². The number of amides is 1. The number of fused-ring (bicyclic) bond motifs is 1. The molecular weight excluding hydrogens is 286 g/mol. The van der Waals surface area contributed by atoms with Crippen molar-refractivity contribution >= 4 is 22.6 Å². The summed E-state index contributed by atoms with van der Waals surface area (Å²) < 4.78 is 1.94. The Morgan fingerprint density at radius 1 is 1.17 bits per heavy atom. The van der Waals surface area contributed by atoms with Gasteiger partial charge in [-0.1, -0.05) is 25.5 Å². The van der Waals surface area contributed by atoms with E-state index in [0.717, 1.165) is 23.1 Å². The molecule has 118 valence electrons. The van der Waals surface area contributed by atoms with Crippen molar-refractivity contribution in [3.63, 3.8) is 0 Å². The van der Waals surface area contributed by atoms with Crippen LogP contribution in [0.2, 0.25) is 0 Å². The van der Waals surface area contributed by atoms with Gasteiger partial charge >= 0.3 is 0 Å². The smallest absolute Gasteiger partial charge is 0.255 e. The molecule has 3 aromatic rings. The molecule has 1 heterocycles. The van der Waals surface area contributed by atoms with Crippen LogP contribution >= 0.6 is 0 Å². The van der Waals surface area contributed by atoms with Gasteiger partial charge in [0.25, 0.3) is 5.91 Å². The Hall–Kier alpha value is -2.62. The number of unbranched alkanes of at least 4 members (excludes halogenated alkanes) is 1. The van der Waals surface area contributed by atoms with Gasteiger partial charge in [-0.2, -0.15) is 0 Å². The largest absolute Gasteiger partial charge is 0.334 e. The Morgan fingerprint density at radius 2 is 1.96 bits per heavy atom. The van der Waals surface area contributed by atoms with E-state index in [-0.39, 0.29) is 5.91 Å². The number of nitrogens with one attached hydrogen (secondary N) is 1. The van der Waals surface area contributed by atoms with Crippen LogP contribution in [0.5, 0.6) is 0 Å². The highest BCUT2D eigenvalue weighted by Gasteiger charge is 2.09. The Bertz CT molecular complexity index is 818. The molecule has 3 rings (SSSR count). The molecule has 1 aromatic heterocycles. The van der Waals surface area contributed by atoms with Crippen LogP contribution in [-0.4, -0.2) is 15.5 Å². The first kappa shape index (κ1) is 15.3. The molecule has 0 bridgehead atoms. The molecule has 0 saturated carbocycles. The normalized spacial score (nSPS) is 10.9. The molecule has 1 N–H and O–H groups in total. The van der Waals surface area contributed by atoms with Crippen molar-refractivity contribution in [2.45, 2.75) is 26.2 Å². The van der Waals surface area contributed by atoms with Crippen LogP contribution in [0, 0.1) is 0 Å². The lowest BCUT2D eigenvalue weighted by Gasteiger charge is -2.07. The Labute approximate surface area is 136 Å². The van der Waals surface area contributed by atoms with Gasteiger partial charge in [-0.3, -0.25) is 4.79 Å².